The molecule has 0 aliphatic heterocycles. The summed E-state index contributed by atoms with van der Waals surface area (Å²) in [6.07, 6.45) is -4.54. The molecule has 1 fully saturated rings. The number of carboxylic acids is 1. The van der Waals surface area contributed by atoms with Crippen LogP contribution in [0.15, 0.2) is 10.6 Å². The van der Waals surface area contributed by atoms with Crippen molar-refractivity contribution >= 4 is 11.9 Å². The van der Waals surface area contributed by atoms with Crippen LogP contribution in [0, 0.1) is 0 Å². The lowest BCUT2D eigenvalue weighted by Crippen LogP contribution is -2.43. The van der Waals surface area contributed by atoms with E-state index in [-0.39, 0.29) is 11.6 Å². The summed E-state index contributed by atoms with van der Waals surface area (Å²) in [5.74, 6) is -2.09. The van der Waals surface area contributed by atoms with Gasteiger partial charge < -0.3 is 14.9 Å². The van der Waals surface area contributed by atoms with Gasteiger partial charge in [0.05, 0.1) is 6.42 Å². The van der Waals surface area contributed by atoms with E-state index in [1.165, 1.54) is 6.07 Å². The first kappa shape index (κ1) is 14.4. The summed E-state index contributed by atoms with van der Waals surface area (Å²) in [5.41, 5.74) is -0.222. The van der Waals surface area contributed by atoms with Gasteiger partial charge in [0.15, 0.2) is 5.69 Å². The van der Waals surface area contributed by atoms with E-state index in [1.54, 1.807) is 5.32 Å². The molecule has 0 bridgehead atoms. The molecule has 20 heavy (non-hydrogen) atoms. The van der Waals surface area contributed by atoms with Crippen molar-refractivity contribution in [1.29, 1.82) is 0 Å². The molecule has 110 valence electrons. The Morgan fingerprint density at radius 2 is 2.15 bits per heavy atom. The number of nitrogens with one attached hydrogen (secondary N) is 1. The average molecular weight is 292 g/mol. The molecular weight excluding hydrogens is 281 g/mol. The number of rotatable bonds is 5. The van der Waals surface area contributed by atoms with Crippen molar-refractivity contribution < 1.29 is 32.4 Å². The van der Waals surface area contributed by atoms with Crippen molar-refractivity contribution in [3.63, 3.8) is 0 Å². The van der Waals surface area contributed by atoms with E-state index in [2.05, 4.69) is 5.16 Å². The predicted molar refractivity (Wildman–Crippen MR) is 58.0 cm³/mol. The van der Waals surface area contributed by atoms with Gasteiger partial charge >= 0.3 is 12.1 Å². The van der Waals surface area contributed by atoms with Crippen LogP contribution in [0.4, 0.5) is 13.2 Å². The Morgan fingerprint density at radius 3 is 2.65 bits per heavy atom. The number of aromatic nitrogens is 1. The van der Waals surface area contributed by atoms with Gasteiger partial charge in [0.1, 0.15) is 11.8 Å². The molecule has 1 heterocycles. The minimum atomic E-state index is -4.70. The second-order valence-corrected chi connectivity index (χ2v) is 4.57. The third-order valence-corrected chi connectivity index (χ3v) is 2.78. The number of nitrogens with zero attached hydrogens (tertiary/aromatic N) is 1. The molecule has 9 heteroatoms. The fourth-order valence-corrected chi connectivity index (χ4v) is 1.62. The molecular formula is C11H11F3N2O4. The largest absolute Gasteiger partial charge is 0.480 e. The van der Waals surface area contributed by atoms with Gasteiger partial charge in [0.2, 0.25) is 0 Å². The molecule has 2 N–H and O–H groups in total. The molecule has 1 aromatic heterocycles. The molecule has 0 spiro atoms. The number of hydrogen-bond donors (Lipinski definition) is 2. The number of hydrogen-bond acceptors (Lipinski definition) is 4. The maximum atomic E-state index is 12.2. The highest BCUT2D eigenvalue weighted by Crippen LogP contribution is 2.40. The number of carbonyl (C=O) groups excluding carboxylic acids is 1. The minimum Gasteiger partial charge on any atom is -0.480 e. The van der Waals surface area contributed by atoms with Crippen LogP contribution in [-0.4, -0.2) is 34.4 Å². The first-order valence-corrected chi connectivity index (χ1v) is 5.83. The molecule has 1 aliphatic carbocycles. The maximum Gasteiger partial charge on any atom is 0.391 e. The quantitative estimate of drug-likeness (QED) is 0.861. The van der Waals surface area contributed by atoms with Crippen LogP contribution in [0.2, 0.25) is 0 Å². The van der Waals surface area contributed by atoms with Crippen molar-refractivity contribution in [1.82, 2.24) is 10.5 Å². The third kappa shape index (κ3) is 3.72. The van der Waals surface area contributed by atoms with Crippen molar-refractivity contribution in [3.8, 4) is 0 Å². The molecule has 1 aromatic rings. The molecule has 1 unspecified atom stereocenters. The van der Waals surface area contributed by atoms with Crippen LogP contribution < -0.4 is 5.32 Å². The lowest BCUT2D eigenvalue weighted by molar-refractivity contribution is -0.157. The van der Waals surface area contributed by atoms with E-state index >= 15 is 0 Å². The Balaban J connectivity index is 2.01. The summed E-state index contributed by atoms with van der Waals surface area (Å²) in [5, 5.41) is 13.9. The fraction of sp³-hybridized carbons (Fsp3) is 0.545. The lowest BCUT2D eigenvalue weighted by atomic mass is 10.2. The number of carboxylic acid groups (broad SMARTS) is 1. The van der Waals surface area contributed by atoms with E-state index in [9.17, 15) is 22.8 Å². The van der Waals surface area contributed by atoms with Crippen LogP contribution in [-0.2, 0) is 4.79 Å². The van der Waals surface area contributed by atoms with Gasteiger partial charge in [-0.05, 0) is 12.8 Å². The highest BCUT2D eigenvalue weighted by Gasteiger charge is 2.37. The molecule has 0 saturated heterocycles. The van der Waals surface area contributed by atoms with Gasteiger partial charge in [-0.2, -0.15) is 13.2 Å². The average Bonchev–Trinajstić information content (AvgIpc) is 3.04. The van der Waals surface area contributed by atoms with Gasteiger partial charge in [-0.1, -0.05) is 5.16 Å². The minimum absolute atomic E-state index is 0.189. The van der Waals surface area contributed by atoms with Crippen molar-refractivity contribution in [2.24, 2.45) is 0 Å². The van der Waals surface area contributed by atoms with Crippen molar-refractivity contribution in [3.05, 3.63) is 17.5 Å². The summed E-state index contributed by atoms with van der Waals surface area (Å²) in [7, 11) is 0. The number of amides is 1. The number of aliphatic carboxylic acids is 1. The SMILES string of the molecule is O=C(NC(CC(F)(F)F)C(=O)O)c1cc(C2CC2)on1. The topological polar surface area (TPSA) is 92.4 Å². The zero-order valence-electron chi connectivity index (χ0n) is 10.1. The number of alkyl halides is 3. The monoisotopic (exact) mass is 292 g/mol. The Morgan fingerprint density at radius 1 is 1.50 bits per heavy atom. The van der Waals surface area contributed by atoms with E-state index in [0.717, 1.165) is 12.8 Å². The molecule has 0 aromatic carbocycles. The Labute approximate surface area is 110 Å². The summed E-state index contributed by atoms with van der Waals surface area (Å²) in [4.78, 5) is 22.3. The highest BCUT2D eigenvalue weighted by atomic mass is 19.4. The fourth-order valence-electron chi connectivity index (χ4n) is 1.62. The molecule has 6 nitrogen and oxygen atoms in total. The highest BCUT2D eigenvalue weighted by molar-refractivity contribution is 5.94. The molecule has 1 atom stereocenters. The second-order valence-electron chi connectivity index (χ2n) is 4.57. The van der Waals surface area contributed by atoms with Gasteiger partial charge in [-0.25, -0.2) is 4.79 Å². The van der Waals surface area contributed by atoms with E-state index in [0.29, 0.717) is 5.76 Å². The maximum absolute atomic E-state index is 12.2. The lowest BCUT2D eigenvalue weighted by Gasteiger charge is -2.15. The van der Waals surface area contributed by atoms with Crippen molar-refractivity contribution in [2.75, 3.05) is 0 Å². The summed E-state index contributed by atoms with van der Waals surface area (Å²) in [6.45, 7) is 0. The number of carbonyl (C=O) groups is 2. The van der Waals surface area contributed by atoms with Crippen LogP contribution in [0.3, 0.4) is 0 Å². The smallest absolute Gasteiger partial charge is 0.391 e. The van der Waals surface area contributed by atoms with Crippen molar-refractivity contribution in [2.45, 2.75) is 37.4 Å². The first-order chi connectivity index (χ1) is 9.26. The van der Waals surface area contributed by atoms with Crippen LogP contribution in [0.25, 0.3) is 0 Å². The van der Waals surface area contributed by atoms with Gasteiger partial charge in [-0.15, -0.1) is 0 Å². The van der Waals surface area contributed by atoms with Crippen LogP contribution in [0.5, 0.6) is 0 Å². The molecule has 1 saturated carbocycles. The predicted octanol–water partition coefficient (Wildman–Crippen LogP) is 1.69. The zero-order chi connectivity index (χ0) is 14.9. The summed E-state index contributed by atoms with van der Waals surface area (Å²) in [6, 6.07) is -0.733. The van der Waals surface area contributed by atoms with E-state index in [1.807, 2.05) is 0 Å². The molecule has 1 amide bonds. The first-order valence-electron chi connectivity index (χ1n) is 5.83. The van der Waals surface area contributed by atoms with Gasteiger partial charge in [0, 0.05) is 12.0 Å². The van der Waals surface area contributed by atoms with Crippen LogP contribution >= 0.6 is 0 Å². The van der Waals surface area contributed by atoms with Gasteiger partial charge in [-0.3, -0.25) is 4.79 Å². The normalized spacial score (nSPS) is 16.8. The second kappa shape index (κ2) is 5.14. The summed E-state index contributed by atoms with van der Waals surface area (Å²) >= 11 is 0. The molecule has 0 radical (unpaired) electrons. The Bertz CT molecular complexity index is 522. The number of halogens is 3. The third-order valence-electron chi connectivity index (χ3n) is 2.78. The Kier molecular flexibility index (Phi) is 3.69. The molecule has 1 aliphatic rings. The van der Waals surface area contributed by atoms with Crippen LogP contribution in [0.1, 0.15) is 41.4 Å². The zero-order valence-corrected chi connectivity index (χ0v) is 10.1. The Hall–Kier alpha value is -2.06. The van der Waals surface area contributed by atoms with E-state index in [4.69, 9.17) is 9.63 Å². The van der Waals surface area contributed by atoms with Gasteiger partial charge in [0.25, 0.3) is 5.91 Å². The molecule has 2 rings (SSSR count). The summed E-state index contributed by atoms with van der Waals surface area (Å²) < 4.78 is 41.4. The standard InChI is InChI=1S/C11H11F3N2O4/c12-11(13,14)4-7(10(18)19)15-9(17)6-3-8(20-16-6)5-1-2-5/h3,5,7H,1-2,4H2,(H,15,17)(H,18,19). The van der Waals surface area contributed by atoms with E-state index < -0.39 is 30.5 Å².